The average Bonchev–Trinajstić information content (AvgIpc) is 2.32. The van der Waals surface area contributed by atoms with Gasteiger partial charge in [-0.25, -0.2) is 0 Å². The van der Waals surface area contributed by atoms with E-state index in [1.54, 1.807) is 6.07 Å². The SMILES string of the molecule is Cc1ccc2c(cnn2F)c1. The molecule has 0 spiro atoms. The fourth-order valence-corrected chi connectivity index (χ4v) is 1.12. The maximum absolute atomic E-state index is 12.7. The first-order valence-electron chi connectivity index (χ1n) is 3.38. The van der Waals surface area contributed by atoms with Gasteiger partial charge in [0.15, 0.2) is 0 Å². The maximum Gasteiger partial charge on any atom is 0.104 e. The van der Waals surface area contributed by atoms with E-state index in [2.05, 4.69) is 5.10 Å². The molecule has 0 saturated heterocycles. The molecule has 11 heavy (non-hydrogen) atoms. The minimum Gasteiger partial charge on any atom is -0.150 e. The Labute approximate surface area is 63.2 Å². The van der Waals surface area contributed by atoms with Crippen molar-refractivity contribution in [2.75, 3.05) is 0 Å². The summed E-state index contributed by atoms with van der Waals surface area (Å²) < 4.78 is 12.7. The third-order valence-corrected chi connectivity index (χ3v) is 1.68. The molecule has 0 radical (unpaired) electrons. The van der Waals surface area contributed by atoms with E-state index in [-0.39, 0.29) is 0 Å². The zero-order chi connectivity index (χ0) is 7.84. The quantitative estimate of drug-likeness (QED) is 0.562. The molecule has 56 valence electrons. The van der Waals surface area contributed by atoms with E-state index < -0.39 is 0 Å². The highest BCUT2D eigenvalue weighted by molar-refractivity contribution is 5.78. The molecule has 0 saturated carbocycles. The van der Waals surface area contributed by atoms with Crippen molar-refractivity contribution < 1.29 is 4.48 Å². The van der Waals surface area contributed by atoms with Crippen molar-refractivity contribution >= 4 is 10.9 Å². The number of rotatable bonds is 0. The van der Waals surface area contributed by atoms with E-state index in [1.807, 2.05) is 19.1 Å². The number of halogens is 1. The molecular weight excluding hydrogens is 143 g/mol. The summed E-state index contributed by atoms with van der Waals surface area (Å²) in [7, 11) is 0. The molecule has 1 aromatic carbocycles. The Balaban J connectivity index is 2.86. The summed E-state index contributed by atoms with van der Waals surface area (Å²) in [5.74, 6) is 0. The van der Waals surface area contributed by atoms with Crippen molar-refractivity contribution in [3.8, 4) is 0 Å². The fourth-order valence-electron chi connectivity index (χ4n) is 1.12. The summed E-state index contributed by atoms with van der Waals surface area (Å²) in [6.45, 7) is 1.97. The Morgan fingerprint density at radius 3 is 3.09 bits per heavy atom. The van der Waals surface area contributed by atoms with Crippen molar-refractivity contribution in [3.05, 3.63) is 30.0 Å². The lowest BCUT2D eigenvalue weighted by atomic mass is 10.2. The number of hydrogen-bond acceptors (Lipinski definition) is 1. The molecule has 2 nitrogen and oxygen atoms in total. The molecule has 0 atom stereocenters. The normalized spacial score (nSPS) is 10.7. The highest BCUT2D eigenvalue weighted by atomic mass is 19.2. The van der Waals surface area contributed by atoms with Crippen LogP contribution >= 0.6 is 0 Å². The standard InChI is InChI=1S/C8H7FN2/c1-6-2-3-8-7(4-6)5-10-11(8)9/h2-5H,1H3. The van der Waals surface area contributed by atoms with E-state index >= 15 is 0 Å². The first-order chi connectivity index (χ1) is 5.27. The Morgan fingerprint density at radius 2 is 2.27 bits per heavy atom. The Morgan fingerprint density at radius 1 is 1.45 bits per heavy atom. The number of nitrogens with zero attached hydrogens (tertiary/aromatic N) is 2. The largest absolute Gasteiger partial charge is 0.150 e. The second-order valence-corrected chi connectivity index (χ2v) is 2.57. The summed E-state index contributed by atoms with van der Waals surface area (Å²) in [4.78, 5) is 0.384. The molecule has 0 bridgehead atoms. The number of aromatic nitrogens is 2. The third-order valence-electron chi connectivity index (χ3n) is 1.68. The van der Waals surface area contributed by atoms with Gasteiger partial charge in [0.05, 0.1) is 6.20 Å². The van der Waals surface area contributed by atoms with E-state index in [4.69, 9.17) is 0 Å². The van der Waals surface area contributed by atoms with Crippen molar-refractivity contribution in [2.24, 2.45) is 0 Å². The maximum atomic E-state index is 12.7. The van der Waals surface area contributed by atoms with Crippen LogP contribution in [0.25, 0.3) is 10.9 Å². The fraction of sp³-hybridized carbons (Fsp3) is 0.125. The molecule has 2 aromatic rings. The van der Waals surface area contributed by atoms with Crippen LogP contribution < -0.4 is 0 Å². The lowest BCUT2D eigenvalue weighted by molar-refractivity contribution is 0.332. The van der Waals surface area contributed by atoms with Crippen LogP contribution in [0.15, 0.2) is 24.4 Å². The monoisotopic (exact) mass is 150 g/mol. The molecule has 3 heteroatoms. The molecule has 1 heterocycles. The van der Waals surface area contributed by atoms with E-state index in [0.29, 0.717) is 10.4 Å². The summed E-state index contributed by atoms with van der Waals surface area (Å²) in [6.07, 6.45) is 1.52. The highest BCUT2D eigenvalue weighted by Crippen LogP contribution is 2.14. The van der Waals surface area contributed by atoms with Crippen molar-refractivity contribution in [3.63, 3.8) is 0 Å². The van der Waals surface area contributed by atoms with Crippen LogP contribution in [0.4, 0.5) is 4.48 Å². The van der Waals surface area contributed by atoms with E-state index in [1.165, 1.54) is 6.20 Å². The number of fused-ring (bicyclic) bond motifs is 1. The molecule has 0 N–H and O–H groups in total. The van der Waals surface area contributed by atoms with Crippen LogP contribution in [0.2, 0.25) is 0 Å². The second kappa shape index (κ2) is 2.05. The molecule has 0 aliphatic carbocycles. The first kappa shape index (κ1) is 6.34. The van der Waals surface area contributed by atoms with Gasteiger partial charge in [0.2, 0.25) is 0 Å². The first-order valence-corrected chi connectivity index (χ1v) is 3.38. The minimum atomic E-state index is 0.384. The molecule has 2 rings (SSSR count). The summed E-state index contributed by atoms with van der Waals surface area (Å²) in [5, 5.41) is 4.33. The van der Waals surface area contributed by atoms with Gasteiger partial charge < -0.3 is 0 Å². The minimum absolute atomic E-state index is 0.384. The average molecular weight is 150 g/mol. The van der Waals surface area contributed by atoms with Crippen LogP contribution in [-0.2, 0) is 0 Å². The van der Waals surface area contributed by atoms with Crippen LogP contribution in [0.1, 0.15) is 5.56 Å². The van der Waals surface area contributed by atoms with Gasteiger partial charge in [-0.05, 0) is 19.1 Å². The molecule has 0 fully saturated rings. The zero-order valence-corrected chi connectivity index (χ0v) is 6.08. The molecule has 1 aromatic heterocycles. The van der Waals surface area contributed by atoms with Gasteiger partial charge in [-0.15, -0.1) is 5.10 Å². The highest BCUT2D eigenvalue weighted by Gasteiger charge is 1.99. The molecular formula is C8H7FN2. The number of hydrogen-bond donors (Lipinski definition) is 0. The summed E-state index contributed by atoms with van der Waals surface area (Å²) in [6, 6.07) is 5.48. The molecule has 0 aliphatic rings. The topological polar surface area (TPSA) is 17.8 Å². The van der Waals surface area contributed by atoms with Gasteiger partial charge in [-0.1, -0.05) is 21.0 Å². The lowest BCUT2D eigenvalue weighted by Crippen LogP contribution is -1.81. The third kappa shape index (κ3) is 0.888. The van der Waals surface area contributed by atoms with Gasteiger partial charge in [-0.2, -0.15) is 0 Å². The Bertz CT molecular complexity index is 392. The van der Waals surface area contributed by atoms with Crippen LogP contribution in [0, 0.1) is 6.92 Å². The van der Waals surface area contributed by atoms with Gasteiger partial charge in [-0.3, -0.25) is 0 Å². The lowest BCUT2D eigenvalue weighted by Gasteiger charge is -1.91. The van der Waals surface area contributed by atoms with Gasteiger partial charge in [0.25, 0.3) is 0 Å². The van der Waals surface area contributed by atoms with Gasteiger partial charge >= 0.3 is 0 Å². The molecule has 0 amide bonds. The van der Waals surface area contributed by atoms with E-state index in [9.17, 15) is 4.48 Å². The van der Waals surface area contributed by atoms with Crippen LogP contribution in [0.5, 0.6) is 0 Å². The molecule has 0 aliphatic heterocycles. The van der Waals surface area contributed by atoms with Crippen molar-refractivity contribution in [2.45, 2.75) is 6.92 Å². The van der Waals surface area contributed by atoms with Gasteiger partial charge in [0, 0.05) is 5.39 Å². The number of aryl methyl sites for hydroxylation is 1. The zero-order valence-electron chi connectivity index (χ0n) is 6.08. The predicted octanol–water partition coefficient (Wildman–Crippen LogP) is 2.08. The Hall–Kier alpha value is -1.38. The van der Waals surface area contributed by atoms with E-state index in [0.717, 1.165) is 10.9 Å². The Kier molecular flexibility index (Phi) is 1.18. The molecule has 0 unspecified atom stereocenters. The second-order valence-electron chi connectivity index (χ2n) is 2.57. The predicted molar refractivity (Wildman–Crippen MR) is 41.0 cm³/mol. The number of benzene rings is 1. The van der Waals surface area contributed by atoms with Crippen LogP contribution in [-0.4, -0.2) is 10.0 Å². The summed E-state index contributed by atoms with van der Waals surface area (Å²) >= 11 is 0. The van der Waals surface area contributed by atoms with Crippen LogP contribution in [0.3, 0.4) is 0 Å². The summed E-state index contributed by atoms with van der Waals surface area (Å²) in [5.41, 5.74) is 1.64. The van der Waals surface area contributed by atoms with Crippen molar-refractivity contribution in [1.82, 2.24) is 10.0 Å². The van der Waals surface area contributed by atoms with Gasteiger partial charge in [0.1, 0.15) is 5.52 Å². The van der Waals surface area contributed by atoms with Crippen molar-refractivity contribution in [1.29, 1.82) is 0 Å². The smallest absolute Gasteiger partial charge is 0.104 e.